The SMILES string of the molecule is CCN(C)S(=O)(=O)Nc1ccc(F)c(Oc2ccc3ncn(-c4cnc(N5CCN(C(=O)OC(C)(C)C)CC5)nc4)c(=O)c3c2COC)c1C#N. The van der Waals surface area contributed by atoms with Crippen molar-refractivity contribution in [3.8, 4) is 23.3 Å². The van der Waals surface area contributed by atoms with Crippen molar-refractivity contribution in [3.05, 3.63) is 70.3 Å². The summed E-state index contributed by atoms with van der Waals surface area (Å²) in [5.41, 5.74) is -0.897. The van der Waals surface area contributed by atoms with Crippen LogP contribution in [0.5, 0.6) is 11.5 Å². The molecule has 3 heterocycles. The number of rotatable bonds is 10. The molecule has 16 nitrogen and oxygen atoms in total. The van der Waals surface area contributed by atoms with Crippen LogP contribution in [0, 0.1) is 17.1 Å². The standard InChI is InChI=1S/C33H38FN9O7S/c1-7-40(5)51(46,47)39-25-9-8-24(34)29(22(25)16-35)49-27-11-10-26-28(23(27)19-48-6)30(44)43(20-38-26)21-17-36-31(37-18-21)41-12-14-42(15-13-41)32(45)50-33(2,3)4/h8-11,17-18,20,39H,7,12-15,19H2,1-6H3. The number of nitrogens with one attached hydrogen (secondary N) is 1. The number of hydrogen-bond acceptors (Lipinski definition) is 12. The van der Waals surface area contributed by atoms with Gasteiger partial charge < -0.3 is 24.0 Å². The molecule has 18 heteroatoms. The minimum absolute atomic E-state index is 0.0146. The summed E-state index contributed by atoms with van der Waals surface area (Å²) < 4.78 is 61.9. The van der Waals surface area contributed by atoms with Crippen molar-refractivity contribution in [2.45, 2.75) is 39.9 Å². The Hall–Kier alpha value is -5.38. The summed E-state index contributed by atoms with van der Waals surface area (Å²) in [5.74, 6) is -1.08. The smallest absolute Gasteiger partial charge is 0.410 e. The second kappa shape index (κ2) is 14.8. The number of carbonyl (C=O) groups is 1. The zero-order chi connectivity index (χ0) is 37.1. The molecule has 0 unspecified atom stereocenters. The Morgan fingerprint density at radius 2 is 1.78 bits per heavy atom. The molecule has 0 atom stereocenters. The van der Waals surface area contributed by atoms with E-state index in [0.717, 1.165) is 16.4 Å². The fourth-order valence-corrected chi connectivity index (χ4v) is 6.13. The Balaban J connectivity index is 1.45. The van der Waals surface area contributed by atoms with Crippen LogP contribution in [0.15, 0.2) is 47.8 Å². The van der Waals surface area contributed by atoms with Gasteiger partial charge >= 0.3 is 16.3 Å². The van der Waals surface area contributed by atoms with E-state index in [2.05, 4.69) is 19.7 Å². The van der Waals surface area contributed by atoms with E-state index in [1.54, 1.807) is 11.8 Å². The van der Waals surface area contributed by atoms with Crippen molar-refractivity contribution in [2.24, 2.45) is 0 Å². The van der Waals surface area contributed by atoms with Gasteiger partial charge in [-0.2, -0.15) is 18.0 Å². The third-order valence-electron chi connectivity index (χ3n) is 7.93. The molecule has 1 amide bonds. The Morgan fingerprint density at radius 1 is 1.10 bits per heavy atom. The highest BCUT2D eigenvalue weighted by Gasteiger charge is 2.27. The first-order chi connectivity index (χ1) is 24.2. The fourth-order valence-electron chi connectivity index (χ4n) is 5.19. The number of nitriles is 1. The minimum Gasteiger partial charge on any atom is -0.452 e. The zero-order valence-electron chi connectivity index (χ0n) is 29.0. The van der Waals surface area contributed by atoms with Gasteiger partial charge in [0.15, 0.2) is 11.6 Å². The number of amides is 1. The number of ether oxygens (including phenoxy) is 3. The van der Waals surface area contributed by atoms with Crippen LogP contribution < -0.4 is 19.9 Å². The van der Waals surface area contributed by atoms with E-state index >= 15 is 4.39 Å². The van der Waals surface area contributed by atoms with Gasteiger partial charge in [-0.25, -0.2) is 24.1 Å². The normalized spacial score (nSPS) is 13.7. The second-order valence-electron chi connectivity index (χ2n) is 12.5. The lowest BCUT2D eigenvalue weighted by Gasteiger charge is -2.35. The summed E-state index contributed by atoms with van der Waals surface area (Å²) in [6.45, 7) is 8.88. The quantitative estimate of drug-likeness (QED) is 0.250. The number of benzene rings is 2. The number of nitrogens with zero attached hydrogens (tertiary/aromatic N) is 8. The highest BCUT2D eigenvalue weighted by atomic mass is 32.2. The number of aromatic nitrogens is 4. The van der Waals surface area contributed by atoms with Crippen molar-refractivity contribution in [1.82, 2.24) is 28.7 Å². The Bertz CT molecular complexity index is 2140. The number of methoxy groups -OCH3 is 1. The van der Waals surface area contributed by atoms with E-state index < -0.39 is 38.5 Å². The van der Waals surface area contributed by atoms with Crippen LogP contribution in [0.2, 0.25) is 0 Å². The van der Waals surface area contributed by atoms with E-state index in [9.17, 15) is 23.3 Å². The Labute approximate surface area is 294 Å². The van der Waals surface area contributed by atoms with Crippen LogP contribution in [-0.4, -0.2) is 95.7 Å². The highest BCUT2D eigenvalue weighted by Crippen LogP contribution is 2.36. The van der Waals surface area contributed by atoms with Crippen LogP contribution in [0.25, 0.3) is 16.6 Å². The molecular formula is C33H38FN9O7S. The number of piperazine rings is 1. The monoisotopic (exact) mass is 723 g/mol. The summed E-state index contributed by atoms with van der Waals surface area (Å²) in [5, 5.41) is 10.0. The molecule has 2 aromatic heterocycles. The first kappa shape index (κ1) is 36.9. The average molecular weight is 724 g/mol. The maximum Gasteiger partial charge on any atom is 0.410 e. The molecule has 270 valence electrons. The van der Waals surface area contributed by atoms with Crippen molar-refractivity contribution in [3.63, 3.8) is 0 Å². The van der Waals surface area contributed by atoms with Crippen LogP contribution in [0.3, 0.4) is 0 Å². The summed E-state index contributed by atoms with van der Waals surface area (Å²) in [6, 6.07) is 6.86. The third-order valence-corrected chi connectivity index (χ3v) is 9.48. The lowest BCUT2D eigenvalue weighted by molar-refractivity contribution is 0.0240. The Morgan fingerprint density at radius 3 is 2.39 bits per heavy atom. The number of halogens is 1. The largest absolute Gasteiger partial charge is 0.452 e. The van der Waals surface area contributed by atoms with Crippen LogP contribution in [-0.2, 0) is 26.3 Å². The van der Waals surface area contributed by atoms with Gasteiger partial charge in [-0.15, -0.1) is 0 Å². The van der Waals surface area contributed by atoms with Gasteiger partial charge in [-0.1, -0.05) is 6.92 Å². The number of anilines is 2. The van der Waals surface area contributed by atoms with Crippen LogP contribution in [0.1, 0.15) is 38.8 Å². The van der Waals surface area contributed by atoms with Crippen molar-refractivity contribution < 1.29 is 31.8 Å². The molecule has 0 saturated carbocycles. The van der Waals surface area contributed by atoms with E-state index in [4.69, 9.17) is 14.2 Å². The van der Waals surface area contributed by atoms with Gasteiger partial charge in [0.1, 0.15) is 29.3 Å². The molecule has 0 radical (unpaired) electrons. The van der Waals surface area contributed by atoms with Crippen molar-refractivity contribution >= 4 is 38.8 Å². The second-order valence-corrected chi connectivity index (χ2v) is 14.3. The van der Waals surface area contributed by atoms with Crippen molar-refractivity contribution in [1.29, 1.82) is 5.26 Å². The minimum atomic E-state index is -4.05. The molecule has 1 aliphatic heterocycles. The topological polar surface area (TPSA) is 185 Å². The van der Waals surface area contributed by atoms with E-state index in [-0.39, 0.29) is 41.6 Å². The highest BCUT2D eigenvalue weighted by molar-refractivity contribution is 7.90. The molecule has 0 spiro atoms. The average Bonchev–Trinajstić information content (AvgIpc) is 3.09. The molecule has 51 heavy (non-hydrogen) atoms. The summed E-state index contributed by atoms with van der Waals surface area (Å²) >= 11 is 0. The number of hydrogen-bond donors (Lipinski definition) is 1. The van der Waals surface area contributed by atoms with Crippen LogP contribution >= 0.6 is 0 Å². The lowest BCUT2D eigenvalue weighted by atomic mass is 10.1. The number of carbonyl (C=O) groups excluding carboxylic acids is 1. The van der Waals surface area contributed by atoms with E-state index in [1.165, 1.54) is 49.6 Å². The van der Waals surface area contributed by atoms with Gasteiger partial charge in [-0.05, 0) is 45.0 Å². The van der Waals surface area contributed by atoms with Gasteiger partial charge in [0.25, 0.3) is 5.56 Å². The van der Waals surface area contributed by atoms with Gasteiger partial charge in [0.05, 0.1) is 41.3 Å². The Kier molecular flexibility index (Phi) is 10.7. The van der Waals surface area contributed by atoms with E-state index in [1.807, 2.05) is 31.7 Å². The molecule has 1 N–H and O–H groups in total. The molecule has 1 saturated heterocycles. The summed E-state index contributed by atoms with van der Waals surface area (Å²) in [6.07, 6.45) is 3.90. The molecule has 4 aromatic rings. The summed E-state index contributed by atoms with van der Waals surface area (Å²) in [7, 11) is -1.30. The van der Waals surface area contributed by atoms with Crippen molar-refractivity contribution in [2.75, 3.05) is 56.5 Å². The first-order valence-corrected chi connectivity index (χ1v) is 17.3. The molecule has 1 fully saturated rings. The number of fused-ring (bicyclic) bond motifs is 1. The van der Waals surface area contributed by atoms with Gasteiger partial charge in [0, 0.05) is 52.4 Å². The molecular weight excluding hydrogens is 685 g/mol. The maximum absolute atomic E-state index is 15.2. The lowest BCUT2D eigenvalue weighted by Crippen LogP contribution is -2.50. The molecule has 2 aromatic carbocycles. The maximum atomic E-state index is 15.2. The molecule has 1 aliphatic rings. The molecule has 0 aliphatic carbocycles. The fraction of sp³-hybridized carbons (Fsp3) is 0.394. The third kappa shape index (κ3) is 8.01. The van der Waals surface area contributed by atoms with Gasteiger partial charge in [0.2, 0.25) is 5.95 Å². The first-order valence-electron chi connectivity index (χ1n) is 15.9. The zero-order valence-corrected chi connectivity index (χ0v) is 29.8. The molecule has 5 rings (SSSR count). The predicted molar refractivity (Wildman–Crippen MR) is 186 cm³/mol. The van der Waals surface area contributed by atoms with E-state index in [0.29, 0.717) is 43.3 Å². The predicted octanol–water partition coefficient (Wildman–Crippen LogP) is 3.79. The summed E-state index contributed by atoms with van der Waals surface area (Å²) in [4.78, 5) is 43.3. The van der Waals surface area contributed by atoms with Gasteiger partial charge in [-0.3, -0.25) is 14.1 Å². The van der Waals surface area contributed by atoms with Crippen LogP contribution in [0.4, 0.5) is 20.8 Å². The molecule has 0 bridgehead atoms.